The molecule has 11 heteroatoms. The molecule has 3 N–H and O–H groups in total. The standard InChI is InChI=1S/C34H42N6O5/c1-3-31-39(32(42)24-37(2)40(31)34(44)36-22-26-9-5-4-6-10-26)30(21-25-13-15-28(41)16-14-25)33(43)35-23-27-11-7-8-12-29(27)38-17-19-45-20-18-38/h4-16,30-31,41H,3,17-24H2,1-2H3,(H,35,43)(H,36,44)/t30-,31-/m0/s1. The van der Waals surface area contributed by atoms with E-state index in [0.29, 0.717) is 26.2 Å². The lowest BCUT2D eigenvalue weighted by Crippen LogP contribution is -2.70. The monoisotopic (exact) mass is 614 g/mol. The van der Waals surface area contributed by atoms with Crippen molar-refractivity contribution in [1.82, 2.24) is 25.6 Å². The number of phenols is 1. The van der Waals surface area contributed by atoms with E-state index < -0.39 is 12.2 Å². The summed E-state index contributed by atoms with van der Waals surface area (Å²) in [5, 5.41) is 19.1. The predicted molar refractivity (Wildman–Crippen MR) is 171 cm³/mol. The number of nitrogens with one attached hydrogen (secondary N) is 2. The highest BCUT2D eigenvalue weighted by molar-refractivity contribution is 5.90. The lowest BCUT2D eigenvalue weighted by atomic mass is 10.0. The molecule has 0 aliphatic carbocycles. The van der Waals surface area contributed by atoms with Crippen LogP contribution in [0.3, 0.4) is 0 Å². The molecular formula is C34H42N6O5. The molecule has 2 aliphatic heterocycles. The number of anilines is 1. The van der Waals surface area contributed by atoms with Crippen molar-refractivity contribution in [3.8, 4) is 5.75 Å². The number of morpholine rings is 1. The van der Waals surface area contributed by atoms with E-state index in [9.17, 15) is 19.5 Å². The zero-order valence-electron chi connectivity index (χ0n) is 25.9. The van der Waals surface area contributed by atoms with E-state index in [2.05, 4.69) is 15.5 Å². The van der Waals surface area contributed by atoms with Gasteiger partial charge in [0.15, 0.2) is 0 Å². The van der Waals surface area contributed by atoms with Gasteiger partial charge in [-0.2, -0.15) is 0 Å². The third-order valence-corrected chi connectivity index (χ3v) is 8.28. The number of hydrogen-bond donors (Lipinski definition) is 3. The van der Waals surface area contributed by atoms with Gasteiger partial charge in [0.05, 0.1) is 19.8 Å². The quantitative estimate of drug-likeness (QED) is 0.321. The Hall–Kier alpha value is -4.61. The average molecular weight is 615 g/mol. The van der Waals surface area contributed by atoms with Gasteiger partial charge in [0, 0.05) is 45.3 Å². The topological polar surface area (TPSA) is 118 Å². The Labute approximate surface area is 264 Å². The van der Waals surface area contributed by atoms with Crippen molar-refractivity contribution in [2.45, 2.75) is 45.1 Å². The number of hydrogen-bond acceptors (Lipinski definition) is 7. The van der Waals surface area contributed by atoms with Crippen molar-refractivity contribution in [1.29, 1.82) is 0 Å². The minimum absolute atomic E-state index is 0.0610. The summed E-state index contributed by atoms with van der Waals surface area (Å²) in [6, 6.07) is 22.9. The van der Waals surface area contributed by atoms with E-state index in [0.717, 1.165) is 35.5 Å². The summed E-state index contributed by atoms with van der Waals surface area (Å²) >= 11 is 0. The number of urea groups is 1. The molecule has 0 aromatic heterocycles. The number of para-hydroxylation sites is 1. The van der Waals surface area contributed by atoms with Crippen molar-refractivity contribution in [2.24, 2.45) is 0 Å². The number of aromatic hydroxyl groups is 1. The summed E-state index contributed by atoms with van der Waals surface area (Å²) in [7, 11) is 1.71. The Kier molecular flexibility index (Phi) is 10.5. The highest BCUT2D eigenvalue weighted by Crippen LogP contribution is 2.26. The third-order valence-electron chi connectivity index (χ3n) is 8.28. The first-order valence-corrected chi connectivity index (χ1v) is 15.4. The molecule has 0 saturated carbocycles. The second-order valence-corrected chi connectivity index (χ2v) is 11.3. The first-order chi connectivity index (χ1) is 21.9. The van der Waals surface area contributed by atoms with Crippen molar-refractivity contribution in [3.63, 3.8) is 0 Å². The van der Waals surface area contributed by atoms with Gasteiger partial charge in [-0.3, -0.25) is 9.59 Å². The molecule has 5 rings (SSSR count). The van der Waals surface area contributed by atoms with E-state index in [1.54, 1.807) is 41.2 Å². The molecule has 2 fully saturated rings. The molecule has 2 heterocycles. The maximum atomic E-state index is 14.1. The Morgan fingerprint density at radius 2 is 1.60 bits per heavy atom. The Morgan fingerprint density at radius 3 is 2.31 bits per heavy atom. The second kappa shape index (κ2) is 14.9. The van der Waals surface area contributed by atoms with E-state index in [4.69, 9.17) is 4.74 Å². The predicted octanol–water partition coefficient (Wildman–Crippen LogP) is 3.09. The van der Waals surface area contributed by atoms with Crippen LogP contribution in [0, 0.1) is 0 Å². The fraction of sp³-hybridized carbons (Fsp3) is 0.382. The molecule has 0 radical (unpaired) electrons. The molecule has 238 valence electrons. The van der Waals surface area contributed by atoms with Crippen LogP contribution in [0.5, 0.6) is 5.75 Å². The number of benzene rings is 3. The van der Waals surface area contributed by atoms with Crippen LogP contribution in [-0.4, -0.2) is 90.0 Å². The van der Waals surface area contributed by atoms with Crippen LogP contribution in [0.25, 0.3) is 0 Å². The normalized spacial score (nSPS) is 18.0. The van der Waals surface area contributed by atoms with E-state index in [-0.39, 0.29) is 43.1 Å². The minimum Gasteiger partial charge on any atom is -0.508 e. The fourth-order valence-corrected chi connectivity index (χ4v) is 6.01. The van der Waals surface area contributed by atoms with Gasteiger partial charge in [0.25, 0.3) is 0 Å². The smallest absolute Gasteiger partial charge is 0.334 e. The molecule has 0 unspecified atom stereocenters. The lowest BCUT2D eigenvalue weighted by Gasteiger charge is -2.49. The van der Waals surface area contributed by atoms with E-state index in [1.165, 1.54) is 5.01 Å². The number of carbonyl (C=O) groups excluding carboxylic acids is 3. The highest BCUT2D eigenvalue weighted by atomic mass is 16.5. The van der Waals surface area contributed by atoms with Crippen molar-refractivity contribution < 1.29 is 24.2 Å². The fourth-order valence-electron chi connectivity index (χ4n) is 6.01. The van der Waals surface area contributed by atoms with Crippen LogP contribution in [-0.2, 0) is 33.8 Å². The molecule has 45 heavy (non-hydrogen) atoms. The van der Waals surface area contributed by atoms with Gasteiger partial charge >= 0.3 is 6.03 Å². The maximum Gasteiger partial charge on any atom is 0.334 e. The number of rotatable bonds is 10. The molecule has 2 atom stereocenters. The Balaban J connectivity index is 1.39. The van der Waals surface area contributed by atoms with Crippen LogP contribution in [0.2, 0.25) is 0 Å². The molecular weight excluding hydrogens is 572 g/mol. The second-order valence-electron chi connectivity index (χ2n) is 11.3. The van der Waals surface area contributed by atoms with Gasteiger partial charge < -0.3 is 30.3 Å². The van der Waals surface area contributed by atoms with Gasteiger partial charge in [0.2, 0.25) is 11.8 Å². The van der Waals surface area contributed by atoms with Gasteiger partial charge in [0.1, 0.15) is 18.0 Å². The molecule has 4 amide bonds. The maximum absolute atomic E-state index is 14.1. The molecule has 0 bridgehead atoms. The summed E-state index contributed by atoms with van der Waals surface area (Å²) in [5.41, 5.74) is 3.74. The summed E-state index contributed by atoms with van der Waals surface area (Å²) in [6.45, 7) is 5.27. The number of phenolic OH excluding ortho intramolecular Hbond substituents is 1. The largest absolute Gasteiger partial charge is 0.508 e. The zero-order chi connectivity index (χ0) is 31.8. The number of nitrogens with zero attached hydrogens (tertiary/aromatic N) is 4. The third kappa shape index (κ3) is 7.73. The number of hydrazine groups is 1. The van der Waals surface area contributed by atoms with E-state index in [1.807, 2.05) is 61.5 Å². The number of amides is 4. The lowest BCUT2D eigenvalue weighted by molar-refractivity contribution is -0.172. The number of likely N-dealkylation sites (N-methyl/N-ethyl adjacent to an activating group) is 1. The van der Waals surface area contributed by atoms with Gasteiger partial charge in [-0.15, -0.1) is 0 Å². The zero-order valence-corrected chi connectivity index (χ0v) is 25.9. The molecule has 2 aliphatic rings. The Bertz CT molecular complexity index is 1450. The van der Waals surface area contributed by atoms with E-state index >= 15 is 0 Å². The van der Waals surface area contributed by atoms with Crippen molar-refractivity contribution in [2.75, 3.05) is 44.8 Å². The summed E-state index contributed by atoms with van der Waals surface area (Å²) in [6.07, 6.45) is -0.0722. The average Bonchev–Trinajstić information content (AvgIpc) is 3.07. The summed E-state index contributed by atoms with van der Waals surface area (Å²) in [4.78, 5) is 45.3. The van der Waals surface area contributed by atoms with Crippen LogP contribution in [0.1, 0.15) is 30.0 Å². The van der Waals surface area contributed by atoms with Gasteiger partial charge in [-0.25, -0.2) is 14.8 Å². The summed E-state index contributed by atoms with van der Waals surface area (Å²) in [5.74, 6) is -0.451. The number of carbonyl (C=O) groups is 3. The van der Waals surface area contributed by atoms with Gasteiger partial charge in [-0.05, 0) is 41.3 Å². The van der Waals surface area contributed by atoms with Crippen LogP contribution in [0.15, 0.2) is 78.9 Å². The van der Waals surface area contributed by atoms with Gasteiger partial charge in [-0.1, -0.05) is 67.6 Å². The summed E-state index contributed by atoms with van der Waals surface area (Å²) < 4.78 is 5.52. The molecule has 3 aromatic rings. The number of ether oxygens (including phenoxy) is 1. The van der Waals surface area contributed by atoms with Crippen LogP contribution in [0.4, 0.5) is 10.5 Å². The minimum atomic E-state index is -0.902. The molecule has 0 spiro atoms. The highest BCUT2D eigenvalue weighted by Gasteiger charge is 2.44. The SMILES string of the molecule is CC[C@H]1N([C@@H](Cc2ccc(O)cc2)C(=O)NCc2ccccc2N2CCOCC2)C(=O)CN(C)N1C(=O)NCc1ccccc1. The first kappa shape index (κ1) is 31.8. The van der Waals surface area contributed by atoms with Crippen molar-refractivity contribution >= 4 is 23.5 Å². The molecule has 3 aromatic carbocycles. The van der Waals surface area contributed by atoms with Crippen molar-refractivity contribution in [3.05, 3.63) is 95.6 Å². The molecule has 2 saturated heterocycles. The molecule has 11 nitrogen and oxygen atoms in total. The first-order valence-electron chi connectivity index (χ1n) is 15.4. The van der Waals surface area contributed by atoms with Crippen LogP contribution >= 0.6 is 0 Å². The van der Waals surface area contributed by atoms with Crippen LogP contribution < -0.4 is 15.5 Å². The Morgan fingerprint density at radius 1 is 0.911 bits per heavy atom.